The summed E-state index contributed by atoms with van der Waals surface area (Å²) in [4.78, 5) is 19.8. The van der Waals surface area contributed by atoms with Gasteiger partial charge in [0.25, 0.3) is 5.91 Å². The lowest BCUT2D eigenvalue weighted by molar-refractivity contribution is -0.121. The average molecular weight is 581 g/mol. The molecule has 0 spiro atoms. The minimum Gasteiger partial charge on any atom is -0.497 e. The molecule has 1 aliphatic rings. The van der Waals surface area contributed by atoms with E-state index in [4.69, 9.17) is 37.7 Å². The quantitative estimate of drug-likeness (QED) is 0.202. The Bertz CT molecular complexity index is 1750. The number of nitrogens with zero attached hydrogens (tertiary/aromatic N) is 2. The van der Waals surface area contributed by atoms with E-state index < -0.39 is 0 Å². The van der Waals surface area contributed by atoms with Gasteiger partial charge in [0.2, 0.25) is 0 Å². The maximum atomic E-state index is 13.1. The number of rotatable bonds is 6. The molecule has 0 saturated heterocycles. The number of halogens is 2. The standard InChI is InChI=1S/C34H26Cl2N2O3/c1-21-3-5-23(6-4-21)30-16-25(22-7-11-28(40-2)12-8-22)17-31(37-30)24-9-14-33-32(18-24)38(34(39)20-41-33)19-26-15-27(35)10-13-29(26)36/h3-18H,19-20H2,1-2H3. The van der Waals surface area contributed by atoms with E-state index in [0.717, 1.165) is 45.0 Å². The van der Waals surface area contributed by atoms with Crippen LogP contribution in [-0.2, 0) is 11.3 Å². The third-order valence-electron chi connectivity index (χ3n) is 7.13. The van der Waals surface area contributed by atoms with Gasteiger partial charge in [-0.25, -0.2) is 4.98 Å². The Labute approximate surface area is 248 Å². The van der Waals surface area contributed by atoms with Crippen molar-refractivity contribution in [3.63, 3.8) is 0 Å². The molecule has 1 amide bonds. The molecule has 41 heavy (non-hydrogen) atoms. The highest BCUT2D eigenvalue weighted by Gasteiger charge is 2.27. The number of carbonyl (C=O) groups excluding carboxylic acids is 1. The summed E-state index contributed by atoms with van der Waals surface area (Å²) in [5.41, 5.74) is 8.14. The van der Waals surface area contributed by atoms with Gasteiger partial charge in [-0.1, -0.05) is 65.2 Å². The van der Waals surface area contributed by atoms with Crippen molar-refractivity contribution < 1.29 is 14.3 Å². The number of hydrogen-bond acceptors (Lipinski definition) is 4. The van der Waals surface area contributed by atoms with Crippen LogP contribution in [0.4, 0.5) is 5.69 Å². The van der Waals surface area contributed by atoms with Crippen LogP contribution in [0.3, 0.4) is 0 Å². The summed E-state index contributed by atoms with van der Waals surface area (Å²) in [5, 5.41) is 1.10. The maximum absolute atomic E-state index is 13.1. The molecule has 0 atom stereocenters. The monoisotopic (exact) mass is 580 g/mol. The summed E-state index contributed by atoms with van der Waals surface area (Å²) in [6.45, 7) is 2.29. The van der Waals surface area contributed by atoms with Crippen LogP contribution < -0.4 is 14.4 Å². The van der Waals surface area contributed by atoms with E-state index in [2.05, 4.69) is 43.3 Å². The maximum Gasteiger partial charge on any atom is 0.265 e. The number of aryl methyl sites for hydroxylation is 1. The lowest BCUT2D eigenvalue weighted by Crippen LogP contribution is -2.38. The first-order chi connectivity index (χ1) is 19.9. The van der Waals surface area contributed by atoms with Gasteiger partial charge in [-0.3, -0.25) is 4.79 Å². The predicted molar refractivity (Wildman–Crippen MR) is 165 cm³/mol. The second kappa shape index (κ2) is 11.3. The highest BCUT2D eigenvalue weighted by atomic mass is 35.5. The molecule has 0 unspecified atom stereocenters. The lowest BCUT2D eigenvalue weighted by atomic mass is 9.99. The van der Waals surface area contributed by atoms with E-state index >= 15 is 0 Å². The molecule has 1 aromatic heterocycles. The molecule has 0 saturated carbocycles. The molecule has 0 aliphatic carbocycles. The molecule has 4 aromatic carbocycles. The Morgan fingerprint density at radius 2 is 1.49 bits per heavy atom. The molecule has 1 aliphatic heterocycles. The van der Waals surface area contributed by atoms with Crippen molar-refractivity contribution in [2.75, 3.05) is 18.6 Å². The molecule has 2 heterocycles. The van der Waals surface area contributed by atoms with Crippen molar-refractivity contribution in [2.45, 2.75) is 13.5 Å². The van der Waals surface area contributed by atoms with E-state index in [0.29, 0.717) is 21.5 Å². The van der Waals surface area contributed by atoms with Crippen molar-refractivity contribution in [1.82, 2.24) is 4.98 Å². The highest BCUT2D eigenvalue weighted by molar-refractivity contribution is 6.33. The first-order valence-electron chi connectivity index (χ1n) is 13.1. The summed E-state index contributed by atoms with van der Waals surface area (Å²) < 4.78 is 11.1. The number of carbonyl (C=O) groups is 1. The van der Waals surface area contributed by atoms with Crippen LogP contribution in [0.25, 0.3) is 33.6 Å². The summed E-state index contributed by atoms with van der Waals surface area (Å²) in [6.07, 6.45) is 0. The van der Waals surface area contributed by atoms with Crippen molar-refractivity contribution in [1.29, 1.82) is 0 Å². The molecule has 0 bridgehead atoms. The van der Waals surface area contributed by atoms with E-state index in [9.17, 15) is 4.79 Å². The van der Waals surface area contributed by atoms with E-state index in [1.54, 1.807) is 30.2 Å². The number of fused-ring (bicyclic) bond motifs is 1. The van der Waals surface area contributed by atoms with Crippen LogP contribution in [0.15, 0.2) is 97.1 Å². The summed E-state index contributed by atoms with van der Waals surface area (Å²) >= 11 is 12.7. The van der Waals surface area contributed by atoms with E-state index in [1.165, 1.54) is 5.56 Å². The second-order valence-corrected chi connectivity index (χ2v) is 10.8. The Morgan fingerprint density at radius 1 is 0.805 bits per heavy atom. The lowest BCUT2D eigenvalue weighted by Gasteiger charge is -2.30. The van der Waals surface area contributed by atoms with Crippen LogP contribution in [0.2, 0.25) is 10.0 Å². The summed E-state index contributed by atoms with van der Waals surface area (Å²) in [6, 6.07) is 31.5. The summed E-state index contributed by atoms with van der Waals surface area (Å²) in [5.74, 6) is 1.25. The van der Waals surface area contributed by atoms with Gasteiger partial charge in [-0.2, -0.15) is 0 Å². The summed E-state index contributed by atoms with van der Waals surface area (Å²) in [7, 11) is 1.66. The van der Waals surface area contributed by atoms with E-state index in [1.807, 2.05) is 42.5 Å². The number of methoxy groups -OCH3 is 1. The molecule has 0 radical (unpaired) electrons. The molecule has 5 aromatic rings. The third kappa shape index (κ3) is 5.64. The molecule has 7 heteroatoms. The fourth-order valence-electron chi connectivity index (χ4n) is 4.87. The van der Waals surface area contributed by atoms with Gasteiger partial charge < -0.3 is 14.4 Å². The topological polar surface area (TPSA) is 51.7 Å². The zero-order valence-corrected chi connectivity index (χ0v) is 24.0. The van der Waals surface area contributed by atoms with Crippen molar-refractivity contribution in [3.05, 3.63) is 118 Å². The molecule has 5 nitrogen and oxygen atoms in total. The zero-order chi connectivity index (χ0) is 28.5. The SMILES string of the molecule is COc1ccc(-c2cc(-c3ccc(C)cc3)nc(-c3ccc4c(c3)N(Cc3cc(Cl)ccc3Cl)C(=O)CO4)c2)cc1. The number of aromatic nitrogens is 1. The minimum atomic E-state index is -0.161. The van der Waals surface area contributed by atoms with Crippen molar-refractivity contribution in [2.24, 2.45) is 0 Å². The van der Waals surface area contributed by atoms with Gasteiger partial charge >= 0.3 is 0 Å². The molecular formula is C34H26Cl2N2O3. The van der Waals surface area contributed by atoms with Crippen LogP contribution in [0.5, 0.6) is 11.5 Å². The number of pyridine rings is 1. The van der Waals surface area contributed by atoms with Gasteiger partial charge in [-0.15, -0.1) is 0 Å². The van der Waals surface area contributed by atoms with Gasteiger partial charge in [0.1, 0.15) is 11.5 Å². The Morgan fingerprint density at radius 3 is 2.22 bits per heavy atom. The molecular weight excluding hydrogens is 555 g/mol. The van der Waals surface area contributed by atoms with Crippen LogP contribution in [0, 0.1) is 6.92 Å². The predicted octanol–water partition coefficient (Wildman–Crippen LogP) is 8.63. The molecule has 6 rings (SSSR count). The average Bonchev–Trinajstić information content (AvgIpc) is 3.00. The fraction of sp³-hybridized carbons (Fsp3) is 0.118. The van der Waals surface area contributed by atoms with Crippen LogP contribution in [0.1, 0.15) is 11.1 Å². The molecule has 204 valence electrons. The van der Waals surface area contributed by atoms with Crippen LogP contribution >= 0.6 is 23.2 Å². The number of anilines is 1. The third-order valence-corrected chi connectivity index (χ3v) is 7.73. The fourth-order valence-corrected chi connectivity index (χ4v) is 5.24. The van der Waals surface area contributed by atoms with Gasteiger partial charge in [0.15, 0.2) is 6.61 Å². The Kier molecular flexibility index (Phi) is 7.39. The van der Waals surface area contributed by atoms with Crippen molar-refractivity contribution in [3.8, 4) is 45.1 Å². The molecule has 0 fully saturated rings. The second-order valence-electron chi connectivity index (χ2n) is 9.91. The highest BCUT2D eigenvalue weighted by Crippen LogP contribution is 2.39. The number of hydrogen-bond donors (Lipinski definition) is 0. The Hall–Kier alpha value is -4.32. The van der Waals surface area contributed by atoms with E-state index in [-0.39, 0.29) is 19.1 Å². The number of amides is 1. The zero-order valence-electron chi connectivity index (χ0n) is 22.5. The van der Waals surface area contributed by atoms with Crippen LogP contribution in [-0.4, -0.2) is 24.6 Å². The number of ether oxygens (including phenoxy) is 2. The molecule has 0 N–H and O–H groups in total. The first kappa shape index (κ1) is 26.9. The minimum absolute atomic E-state index is 0.0483. The Balaban J connectivity index is 1.46. The van der Waals surface area contributed by atoms with Crippen molar-refractivity contribution >= 4 is 34.8 Å². The normalized spacial score (nSPS) is 12.6. The smallest absolute Gasteiger partial charge is 0.265 e. The van der Waals surface area contributed by atoms with Gasteiger partial charge in [-0.05, 0) is 84.3 Å². The number of benzene rings is 4. The van der Waals surface area contributed by atoms with Gasteiger partial charge in [0, 0.05) is 21.2 Å². The first-order valence-corrected chi connectivity index (χ1v) is 13.9. The largest absolute Gasteiger partial charge is 0.497 e. The van der Waals surface area contributed by atoms with Gasteiger partial charge in [0.05, 0.1) is 30.7 Å².